The SMILES string of the molecule is CCC(C1CCC2(C)C3Cc4ccc(OC)cc4C12CCN3CC1(C)CC1)N(C)c1nc(C)cc(C)n1. The van der Waals surface area contributed by atoms with Crippen molar-refractivity contribution < 1.29 is 4.74 Å². The standard InChI is InChI=1S/C32H46N4O/c1-8-27(35(6)29-33-21(2)17-22(3)34-29)25-11-12-31(5)28-18-23-9-10-24(37-7)19-26(23)32(25,31)15-16-36(28)20-30(4)13-14-30/h9-10,17,19,25,27-28H,8,11-16,18,20H2,1-7H3. The number of aromatic nitrogens is 2. The Bertz CT molecular complexity index is 1170. The zero-order valence-corrected chi connectivity index (χ0v) is 24.1. The van der Waals surface area contributed by atoms with E-state index in [1.165, 1.54) is 51.6 Å². The number of fused-ring (bicyclic) bond motifs is 1. The van der Waals surface area contributed by atoms with Crippen LogP contribution in [0.2, 0.25) is 0 Å². The molecule has 1 aromatic carbocycles. The summed E-state index contributed by atoms with van der Waals surface area (Å²) in [6.45, 7) is 14.2. The van der Waals surface area contributed by atoms with E-state index in [1.807, 2.05) is 7.11 Å². The first-order valence-corrected chi connectivity index (χ1v) is 14.6. The molecule has 1 aromatic heterocycles. The van der Waals surface area contributed by atoms with Crippen molar-refractivity contribution >= 4 is 5.95 Å². The lowest BCUT2D eigenvalue weighted by Crippen LogP contribution is -2.67. The summed E-state index contributed by atoms with van der Waals surface area (Å²) in [6, 6.07) is 10.1. The number of aryl methyl sites for hydroxylation is 2. The molecule has 6 rings (SSSR count). The van der Waals surface area contributed by atoms with Gasteiger partial charge < -0.3 is 9.64 Å². The van der Waals surface area contributed by atoms with Gasteiger partial charge in [0.05, 0.1) is 7.11 Å². The van der Waals surface area contributed by atoms with E-state index in [9.17, 15) is 0 Å². The Morgan fingerprint density at radius 3 is 2.46 bits per heavy atom. The van der Waals surface area contributed by atoms with Crippen LogP contribution in [0.1, 0.15) is 81.8 Å². The number of benzene rings is 1. The van der Waals surface area contributed by atoms with Crippen molar-refractivity contribution in [3.8, 4) is 5.75 Å². The molecule has 5 heteroatoms. The normalized spacial score (nSPS) is 32.4. The Morgan fingerprint density at radius 1 is 1.08 bits per heavy atom. The summed E-state index contributed by atoms with van der Waals surface area (Å²) in [5, 5.41) is 0. The number of hydrogen-bond acceptors (Lipinski definition) is 5. The van der Waals surface area contributed by atoms with E-state index in [1.54, 1.807) is 11.1 Å². The Morgan fingerprint density at radius 2 is 1.81 bits per heavy atom. The first-order valence-electron chi connectivity index (χ1n) is 14.6. The lowest BCUT2D eigenvalue weighted by atomic mass is 9.48. The highest BCUT2D eigenvalue weighted by molar-refractivity contribution is 5.50. The second-order valence-electron chi connectivity index (χ2n) is 13.3. The number of piperidine rings is 1. The largest absolute Gasteiger partial charge is 0.497 e. The molecule has 4 aliphatic rings. The van der Waals surface area contributed by atoms with Gasteiger partial charge in [-0.2, -0.15) is 0 Å². The summed E-state index contributed by atoms with van der Waals surface area (Å²) in [5.41, 5.74) is 6.19. The van der Waals surface area contributed by atoms with Gasteiger partial charge in [-0.05, 0) is 111 Å². The van der Waals surface area contributed by atoms with E-state index in [0.29, 0.717) is 23.4 Å². The van der Waals surface area contributed by atoms with Crippen molar-refractivity contribution in [3.05, 3.63) is 46.8 Å². The number of anilines is 1. The minimum Gasteiger partial charge on any atom is -0.497 e. The molecule has 5 atom stereocenters. The molecule has 5 unspecified atom stereocenters. The van der Waals surface area contributed by atoms with Crippen molar-refractivity contribution in [3.63, 3.8) is 0 Å². The molecule has 1 saturated heterocycles. The zero-order chi connectivity index (χ0) is 26.2. The minimum atomic E-state index is 0.147. The summed E-state index contributed by atoms with van der Waals surface area (Å²) < 4.78 is 5.82. The van der Waals surface area contributed by atoms with Crippen molar-refractivity contribution in [2.75, 3.05) is 32.1 Å². The molecule has 5 nitrogen and oxygen atoms in total. The third-order valence-electron chi connectivity index (χ3n) is 11.2. The van der Waals surface area contributed by atoms with E-state index in [4.69, 9.17) is 14.7 Å². The van der Waals surface area contributed by atoms with Crippen LogP contribution < -0.4 is 9.64 Å². The van der Waals surface area contributed by atoms with Gasteiger partial charge in [-0.3, -0.25) is 4.90 Å². The second-order valence-corrected chi connectivity index (χ2v) is 13.3. The molecular weight excluding hydrogens is 456 g/mol. The van der Waals surface area contributed by atoms with E-state index in [-0.39, 0.29) is 10.8 Å². The van der Waals surface area contributed by atoms with Gasteiger partial charge in [0.1, 0.15) is 5.75 Å². The number of ether oxygens (including phenoxy) is 1. The Balaban J connectivity index is 1.46. The smallest absolute Gasteiger partial charge is 0.225 e. The zero-order valence-electron chi connectivity index (χ0n) is 24.1. The number of likely N-dealkylation sites (tertiary alicyclic amines) is 1. The average Bonchev–Trinajstić information content (AvgIpc) is 3.50. The van der Waals surface area contributed by atoms with Crippen LogP contribution in [0, 0.1) is 30.6 Å². The molecular formula is C32H46N4O. The van der Waals surface area contributed by atoms with Crippen LogP contribution in [0.25, 0.3) is 0 Å². The summed E-state index contributed by atoms with van der Waals surface area (Å²) in [5.74, 6) is 2.45. The second kappa shape index (κ2) is 8.69. The molecule has 0 amide bonds. The fourth-order valence-corrected chi connectivity index (χ4v) is 9.06. The molecule has 0 spiro atoms. The lowest BCUT2D eigenvalue weighted by Gasteiger charge is -2.63. The Hall–Kier alpha value is -2.14. The lowest BCUT2D eigenvalue weighted by molar-refractivity contribution is -0.0623. The van der Waals surface area contributed by atoms with Gasteiger partial charge in [0.2, 0.25) is 5.95 Å². The van der Waals surface area contributed by atoms with Crippen molar-refractivity contribution in [1.29, 1.82) is 0 Å². The molecule has 2 bridgehead atoms. The highest BCUT2D eigenvalue weighted by Gasteiger charge is 2.68. The maximum atomic E-state index is 5.82. The highest BCUT2D eigenvalue weighted by atomic mass is 16.5. The monoisotopic (exact) mass is 502 g/mol. The average molecular weight is 503 g/mol. The van der Waals surface area contributed by atoms with E-state index < -0.39 is 0 Å². The van der Waals surface area contributed by atoms with Crippen LogP contribution in [0.4, 0.5) is 5.95 Å². The first-order chi connectivity index (χ1) is 17.6. The predicted octanol–water partition coefficient (Wildman–Crippen LogP) is 6.10. The van der Waals surface area contributed by atoms with Gasteiger partial charge in [0.25, 0.3) is 0 Å². The maximum Gasteiger partial charge on any atom is 0.225 e. The van der Waals surface area contributed by atoms with Crippen LogP contribution in [-0.2, 0) is 11.8 Å². The topological polar surface area (TPSA) is 41.5 Å². The maximum absolute atomic E-state index is 5.82. The van der Waals surface area contributed by atoms with Crippen LogP contribution >= 0.6 is 0 Å². The summed E-state index contributed by atoms with van der Waals surface area (Å²) in [4.78, 5) is 15.1. The molecule has 2 saturated carbocycles. The minimum absolute atomic E-state index is 0.147. The van der Waals surface area contributed by atoms with E-state index in [2.05, 4.69) is 75.7 Å². The molecule has 1 aliphatic heterocycles. The molecule has 3 aliphatic carbocycles. The molecule has 37 heavy (non-hydrogen) atoms. The van der Waals surface area contributed by atoms with E-state index >= 15 is 0 Å². The van der Waals surface area contributed by atoms with E-state index in [0.717, 1.165) is 29.5 Å². The molecule has 2 heterocycles. The van der Waals surface area contributed by atoms with Crippen LogP contribution in [0.3, 0.4) is 0 Å². The Kier molecular flexibility index (Phi) is 5.91. The van der Waals surface area contributed by atoms with Gasteiger partial charge in [0, 0.05) is 42.5 Å². The van der Waals surface area contributed by atoms with Gasteiger partial charge in [-0.15, -0.1) is 0 Å². The highest BCUT2D eigenvalue weighted by Crippen LogP contribution is 2.68. The van der Waals surface area contributed by atoms with Crippen molar-refractivity contribution in [2.45, 2.75) is 97.1 Å². The third-order valence-corrected chi connectivity index (χ3v) is 11.2. The predicted molar refractivity (Wildman–Crippen MR) is 151 cm³/mol. The first kappa shape index (κ1) is 25.2. The fraction of sp³-hybridized carbons (Fsp3) is 0.688. The number of methoxy groups -OCH3 is 1. The molecule has 3 fully saturated rings. The molecule has 200 valence electrons. The van der Waals surface area contributed by atoms with Gasteiger partial charge in [-0.1, -0.05) is 26.8 Å². The van der Waals surface area contributed by atoms with Gasteiger partial charge in [-0.25, -0.2) is 9.97 Å². The van der Waals surface area contributed by atoms with Crippen LogP contribution in [-0.4, -0.2) is 54.2 Å². The number of rotatable bonds is 7. The summed E-state index contributed by atoms with van der Waals surface area (Å²) >= 11 is 0. The van der Waals surface area contributed by atoms with Gasteiger partial charge in [0.15, 0.2) is 0 Å². The van der Waals surface area contributed by atoms with Gasteiger partial charge >= 0.3 is 0 Å². The molecule has 0 N–H and O–H groups in total. The number of nitrogens with zero attached hydrogens (tertiary/aromatic N) is 4. The van der Waals surface area contributed by atoms with Crippen molar-refractivity contribution in [2.24, 2.45) is 16.7 Å². The van der Waals surface area contributed by atoms with Crippen LogP contribution in [0.5, 0.6) is 5.75 Å². The molecule has 2 aromatic rings. The third kappa shape index (κ3) is 3.74. The summed E-state index contributed by atoms with van der Waals surface area (Å²) in [6.07, 6.45) is 8.86. The fourth-order valence-electron chi connectivity index (χ4n) is 9.06. The summed E-state index contributed by atoms with van der Waals surface area (Å²) in [7, 11) is 4.06. The van der Waals surface area contributed by atoms with Crippen molar-refractivity contribution in [1.82, 2.24) is 14.9 Å². The number of hydrogen-bond donors (Lipinski definition) is 0. The Labute approximate surface area is 224 Å². The van der Waals surface area contributed by atoms with Crippen LogP contribution in [0.15, 0.2) is 24.3 Å². The molecule has 0 radical (unpaired) electrons. The quantitative estimate of drug-likeness (QED) is 0.457.